The SMILES string of the molecule is Cc1ccc(/C=C/C(=O)NC(CCO)C(C)(C)C)o1. The molecule has 1 rings (SSSR count). The number of rotatable bonds is 5. The highest BCUT2D eigenvalue weighted by Crippen LogP contribution is 2.21. The molecule has 4 heteroatoms. The highest BCUT2D eigenvalue weighted by molar-refractivity contribution is 5.91. The fourth-order valence-electron chi connectivity index (χ4n) is 1.77. The average Bonchev–Trinajstić information content (AvgIpc) is 2.71. The van der Waals surface area contributed by atoms with E-state index in [1.54, 1.807) is 6.08 Å². The summed E-state index contributed by atoms with van der Waals surface area (Å²) in [7, 11) is 0. The van der Waals surface area contributed by atoms with Crippen molar-refractivity contribution in [3.8, 4) is 0 Å². The minimum Gasteiger partial charge on any atom is -0.462 e. The topological polar surface area (TPSA) is 62.5 Å². The second kappa shape index (κ2) is 6.57. The third-order valence-corrected chi connectivity index (χ3v) is 2.94. The van der Waals surface area contributed by atoms with Gasteiger partial charge in [0.2, 0.25) is 5.91 Å². The lowest BCUT2D eigenvalue weighted by molar-refractivity contribution is -0.118. The Hall–Kier alpha value is -1.55. The van der Waals surface area contributed by atoms with Crippen molar-refractivity contribution in [1.82, 2.24) is 5.32 Å². The monoisotopic (exact) mass is 265 g/mol. The van der Waals surface area contributed by atoms with Crippen LogP contribution in [-0.2, 0) is 4.79 Å². The third-order valence-electron chi connectivity index (χ3n) is 2.94. The summed E-state index contributed by atoms with van der Waals surface area (Å²) in [6.07, 6.45) is 3.64. The molecule has 19 heavy (non-hydrogen) atoms. The van der Waals surface area contributed by atoms with E-state index in [9.17, 15) is 4.79 Å². The zero-order valence-electron chi connectivity index (χ0n) is 12.1. The summed E-state index contributed by atoms with van der Waals surface area (Å²) < 4.78 is 5.35. The van der Waals surface area contributed by atoms with Crippen LogP contribution in [0.2, 0.25) is 0 Å². The van der Waals surface area contributed by atoms with E-state index < -0.39 is 0 Å². The van der Waals surface area contributed by atoms with E-state index in [0.29, 0.717) is 12.2 Å². The number of aryl methyl sites for hydroxylation is 1. The van der Waals surface area contributed by atoms with Gasteiger partial charge in [-0.05, 0) is 37.0 Å². The smallest absolute Gasteiger partial charge is 0.244 e. The molecule has 0 saturated heterocycles. The van der Waals surface area contributed by atoms with Gasteiger partial charge >= 0.3 is 0 Å². The van der Waals surface area contributed by atoms with Crippen LogP contribution < -0.4 is 5.32 Å². The number of aliphatic hydroxyl groups is 1. The van der Waals surface area contributed by atoms with Crippen LogP contribution in [0.1, 0.15) is 38.7 Å². The van der Waals surface area contributed by atoms with Crippen molar-refractivity contribution < 1.29 is 14.3 Å². The number of hydrogen-bond donors (Lipinski definition) is 2. The zero-order chi connectivity index (χ0) is 14.5. The number of furan rings is 1. The standard InChI is InChI=1S/C15H23NO3/c1-11-5-6-12(19-11)7-8-14(18)16-13(9-10-17)15(2,3)4/h5-8,13,17H,9-10H2,1-4H3,(H,16,18)/b8-7+. The van der Waals surface area contributed by atoms with E-state index in [1.165, 1.54) is 6.08 Å². The van der Waals surface area contributed by atoms with Crippen LogP contribution in [0.4, 0.5) is 0 Å². The van der Waals surface area contributed by atoms with Crippen molar-refractivity contribution in [3.05, 3.63) is 29.7 Å². The zero-order valence-corrected chi connectivity index (χ0v) is 12.1. The van der Waals surface area contributed by atoms with Crippen LogP contribution in [0, 0.1) is 12.3 Å². The van der Waals surface area contributed by atoms with Gasteiger partial charge in [0.25, 0.3) is 0 Å². The van der Waals surface area contributed by atoms with Gasteiger partial charge in [-0.25, -0.2) is 0 Å². The van der Waals surface area contributed by atoms with Crippen LogP contribution in [-0.4, -0.2) is 23.7 Å². The van der Waals surface area contributed by atoms with E-state index in [4.69, 9.17) is 9.52 Å². The average molecular weight is 265 g/mol. The molecule has 0 aromatic carbocycles. The van der Waals surface area contributed by atoms with Gasteiger partial charge in [-0.2, -0.15) is 0 Å². The third kappa shape index (κ3) is 5.30. The van der Waals surface area contributed by atoms with E-state index in [2.05, 4.69) is 5.32 Å². The number of hydrogen-bond acceptors (Lipinski definition) is 3. The molecule has 0 bridgehead atoms. The summed E-state index contributed by atoms with van der Waals surface area (Å²) in [5, 5.41) is 11.9. The highest BCUT2D eigenvalue weighted by atomic mass is 16.3. The number of carbonyl (C=O) groups is 1. The first kappa shape index (κ1) is 15.5. The van der Waals surface area contributed by atoms with Crippen LogP contribution in [0.15, 0.2) is 22.6 Å². The molecule has 106 valence electrons. The molecule has 1 aromatic rings. The fraction of sp³-hybridized carbons (Fsp3) is 0.533. The Kier molecular flexibility index (Phi) is 5.36. The predicted octanol–water partition coefficient (Wildman–Crippen LogP) is 2.51. The Morgan fingerprint density at radius 1 is 1.47 bits per heavy atom. The lowest BCUT2D eigenvalue weighted by atomic mass is 9.85. The predicted molar refractivity (Wildman–Crippen MR) is 75.6 cm³/mol. The number of nitrogens with one attached hydrogen (secondary N) is 1. The number of carbonyl (C=O) groups excluding carboxylic acids is 1. The minimum absolute atomic E-state index is 0.0588. The molecule has 1 unspecified atom stereocenters. The Balaban J connectivity index is 2.60. The highest BCUT2D eigenvalue weighted by Gasteiger charge is 2.24. The molecule has 1 atom stereocenters. The van der Waals surface area contributed by atoms with Gasteiger partial charge in [-0.15, -0.1) is 0 Å². The van der Waals surface area contributed by atoms with E-state index >= 15 is 0 Å². The summed E-state index contributed by atoms with van der Waals surface area (Å²) in [6.45, 7) is 8.02. The van der Waals surface area contributed by atoms with E-state index in [-0.39, 0.29) is 24.0 Å². The normalized spacial score (nSPS) is 13.7. The van der Waals surface area contributed by atoms with E-state index in [0.717, 1.165) is 5.76 Å². The molecule has 0 aliphatic rings. The summed E-state index contributed by atoms with van der Waals surface area (Å²) in [6, 6.07) is 3.60. The first-order valence-corrected chi connectivity index (χ1v) is 6.49. The lowest BCUT2D eigenvalue weighted by Crippen LogP contribution is -2.43. The van der Waals surface area contributed by atoms with Gasteiger partial charge in [0, 0.05) is 18.7 Å². The molecule has 0 aliphatic heterocycles. The minimum atomic E-state index is -0.178. The maximum atomic E-state index is 11.8. The molecule has 0 spiro atoms. The largest absolute Gasteiger partial charge is 0.462 e. The molecular formula is C15H23NO3. The van der Waals surface area contributed by atoms with Gasteiger partial charge < -0.3 is 14.8 Å². The Morgan fingerprint density at radius 3 is 2.63 bits per heavy atom. The summed E-state index contributed by atoms with van der Waals surface area (Å²) >= 11 is 0. The van der Waals surface area contributed by atoms with Crippen molar-refractivity contribution in [2.24, 2.45) is 5.41 Å². The van der Waals surface area contributed by atoms with Crippen LogP contribution in [0.25, 0.3) is 6.08 Å². The maximum absolute atomic E-state index is 11.8. The molecule has 1 heterocycles. The van der Waals surface area contributed by atoms with Crippen molar-refractivity contribution >= 4 is 12.0 Å². The Bertz CT molecular complexity index is 440. The first-order chi connectivity index (χ1) is 8.82. The number of amides is 1. The molecule has 1 aromatic heterocycles. The van der Waals surface area contributed by atoms with Gasteiger partial charge in [-0.1, -0.05) is 20.8 Å². The van der Waals surface area contributed by atoms with Crippen LogP contribution >= 0.6 is 0 Å². The Morgan fingerprint density at radius 2 is 2.16 bits per heavy atom. The molecule has 4 nitrogen and oxygen atoms in total. The van der Waals surface area contributed by atoms with Crippen LogP contribution in [0.3, 0.4) is 0 Å². The molecule has 0 aliphatic carbocycles. The second-order valence-corrected chi connectivity index (χ2v) is 5.72. The molecule has 0 radical (unpaired) electrons. The first-order valence-electron chi connectivity index (χ1n) is 6.49. The molecule has 0 saturated carbocycles. The molecule has 2 N–H and O–H groups in total. The summed E-state index contributed by atoms with van der Waals surface area (Å²) in [5.74, 6) is 1.29. The number of aliphatic hydroxyl groups excluding tert-OH is 1. The van der Waals surface area contributed by atoms with E-state index in [1.807, 2.05) is 39.8 Å². The van der Waals surface area contributed by atoms with Gasteiger partial charge in [-0.3, -0.25) is 4.79 Å². The summed E-state index contributed by atoms with van der Waals surface area (Å²) in [4.78, 5) is 11.8. The Labute approximate surface area is 114 Å². The molecule has 0 fully saturated rings. The second-order valence-electron chi connectivity index (χ2n) is 5.72. The van der Waals surface area contributed by atoms with Gasteiger partial charge in [0.1, 0.15) is 11.5 Å². The van der Waals surface area contributed by atoms with Crippen molar-refractivity contribution in [1.29, 1.82) is 0 Å². The quantitative estimate of drug-likeness (QED) is 0.804. The fourth-order valence-corrected chi connectivity index (χ4v) is 1.77. The van der Waals surface area contributed by atoms with Crippen LogP contribution in [0.5, 0.6) is 0 Å². The molecule has 1 amide bonds. The van der Waals surface area contributed by atoms with Gasteiger partial charge in [0.05, 0.1) is 0 Å². The lowest BCUT2D eigenvalue weighted by Gasteiger charge is -2.30. The van der Waals surface area contributed by atoms with Gasteiger partial charge in [0.15, 0.2) is 0 Å². The molecular weight excluding hydrogens is 242 g/mol. The van der Waals surface area contributed by atoms with Crippen molar-refractivity contribution in [2.75, 3.05) is 6.61 Å². The van der Waals surface area contributed by atoms with Crippen molar-refractivity contribution in [3.63, 3.8) is 0 Å². The summed E-state index contributed by atoms with van der Waals surface area (Å²) in [5.41, 5.74) is -0.0898. The van der Waals surface area contributed by atoms with Crippen molar-refractivity contribution in [2.45, 2.75) is 40.2 Å². The maximum Gasteiger partial charge on any atom is 0.244 e.